The molecule has 1 N–H and O–H groups in total. The van der Waals surface area contributed by atoms with Crippen LogP contribution >= 0.6 is 0 Å². The second-order valence-corrected chi connectivity index (χ2v) is 9.13. The van der Waals surface area contributed by atoms with Crippen molar-refractivity contribution in [3.05, 3.63) is 75.6 Å². The van der Waals surface area contributed by atoms with Gasteiger partial charge in [0.2, 0.25) is 11.6 Å². The van der Waals surface area contributed by atoms with Gasteiger partial charge in [0, 0.05) is 38.3 Å². The van der Waals surface area contributed by atoms with E-state index in [0.717, 1.165) is 31.5 Å². The van der Waals surface area contributed by atoms with Crippen molar-refractivity contribution in [1.82, 2.24) is 14.5 Å². The summed E-state index contributed by atoms with van der Waals surface area (Å²) in [6.07, 6.45) is 2.44. The Kier molecular flexibility index (Phi) is 7.29. The van der Waals surface area contributed by atoms with E-state index >= 15 is 0 Å². The summed E-state index contributed by atoms with van der Waals surface area (Å²) >= 11 is 0. The lowest BCUT2D eigenvalue weighted by Gasteiger charge is -2.36. The Balaban J connectivity index is 1.86. The van der Waals surface area contributed by atoms with Crippen LogP contribution in [0, 0.1) is 12.4 Å². The summed E-state index contributed by atoms with van der Waals surface area (Å²) in [5.41, 5.74) is 2.56. The molecule has 0 atom stereocenters. The Morgan fingerprint density at radius 2 is 1.80 bits per heavy atom. The van der Waals surface area contributed by atoms with Gasteiger partial charge in [0.1, 0.15) is 5.82 Å². The SMILES string of the molecule is [C-]#[N+]c1ccc(-c2nc(N3CCC(N(C)C)CC3)n(C)c(=O)c2-c2ccc(CCO)cc2)cc1F. The van der Waals surface area contributed by atoms with Crippen molar-refractivity contribution in [2.45, 2.75) is 25.3 Å². The predicted octanol–water partition coefficient (Wildman–Crippen LogP) is 3.87. The first-order valence-electron chi connectivity index (χ1n) is 11.7. The summed E-state index contributed by atoms with van der Waals surface area (Å²) in [5, 5.41) is 9.22. The highest BCUT2D eigenvalue weighted by Gasteiger charge is 2.26. The lowest BCUT2D eigenvalue weighted by Crippen LogP contribution is -2.44. The molecule has 0 spiro atoms. The highest BCUT2D eigenvalue weighted by molar-refractivity contribution is 5.81. The van der Waals surface area contributed by atoms with Crippen LogP contribution in [0.3, 0.4) is 0 Å². The number of nitrogens with zero attached hydrogens (tertiary/aromatic N) is 5. The molecule has 1 aromatic heterocycles. The minimum absolute atomic E-state index is 0.0415. The van der Waals surface area contributed by atoms with Gasteiger partial charge in [-0.3, -0.25) is 9.36 Å². The van der Waals surface area contributed by atoms with Gasteiger partial charge in [-0.25, -0.2) is 14.2 Å². The summed E-state index contributed by atoms with van der Waals surface area (Å²) in [4.78, 5) is 26.2. The van der Waals surface area contributed by atoms with E-state index in [0.29, 0.717) is 40.8 Å². The number of benzene rings is 2. The monoisotopic (exact) mass is 475 g/mol. The molecule has 0 unspecified atom stereocenters. The zero-order valence-corrected chi connectivity index (χ0v) is 20.3. The number of aliphatic hydroxyl groups excluding tert-OH is 1. The van der Waals surface area contributed by atoms with Crippen molar-refractivity contribution >= 4 is 11.6 Å². The van der Waals surface area contributed by atoms with Crippen LogP contribution in [-0.4, -0.2) is 59.4 Å². The number of aliphatic hydroxyl groups is 1. The van der Waals surface area contributed by atoms with Crippen LogP contribution in [0.5, 0.6) is 0 Å². The molecule has 182 valence electrons. The van der Waals surface area contributed by atoms with Crippen molar-refractivity contribution in [2.24, 2.45) is 7.05 Å². The average Bonchev–Trinajstić information content (AvgIpc) is 2.86. The number of anilines is 1. The highest BCUT2D eigenvalue weighted by atomic mass is 19.1. The van der Waals surface area contributed by atoms with Crippen LogP contribution in [0.1, 0.15) is 18.4 Å². The zero-order valence-electron chi connectivity index (χ0n) is 20.3. The van der Waals surface area contributed by atoms with E-state index in [1.165, 1.54) is 12.1 Å². The summed E-state index contributed by atoms with van der Waals surface area (Å²) in [6, 6.07) is 12.2. The first-order chi connectivity index (χ1) is 16.8. The molecule has 0 bridgehead atoms. The maximum atomic E-state index is 14.6. The third-order valence-electron chi connectivity index (χ3n) is 6.73. The fourth-order valence-electron chi connectivity index (χ4n) is 4.64. The summed E-state index contributed by atoms with van der Waals surface area (Å²) < 4.78 is 16.2. The molecule has 0 radical (unpaired) electrons. The third kappa shape index (κ3) is 4.97. The molecular weight excluding hydrogens is 445 g/mol. The fraction of sp³-hybridized carbons (Fsp3) is 0.370. The van der Waals surface area contributed by atoms with Crippen molar-refractivity contribution in [3.63, 3.8) is 0 Å². The molecule has 4 rings (SSSR count). The molecular formula is C27H30FN5O2. The number of halogens is 1. The quantitative estimate of drug-likeness (QED) is 0.549. The zero-order chi connectivity index (χ0) is 25.1. The van der Waals surface area contributed by atoms with Crippen molar-refractivity contribution in [2.75, 3.05) is 38.7 Å². The van der Waals surface area contributed by atoms with Crippen molar-refractivity contribution < 1.29 is 9.50 Å². The molecule has 1 aliphatic rings. The largest absolute Gasteiger partial charge is 0.396 e. The van der Waals surface area contributed by atoms with E-state index in [2.05, 4.69) is 28.7 Å². The Morgan fingerprint density at radius 1 is 1.14 bits per heavy atom. The number of hydrogen-bond acceptors (Lipinski definition) is 5. The first kappa shape index (κ1) is 24.6. The molecule has 0 aliphatic carbocycles. The highest BCUT2D eigenvalue weighted by Crippen LogP contribution is 2.33. The summed E-state index contributed by atoms with van der Waals surface area (Å²) in [6.45, 7) is 8.73. The van der Waals surface area contributed by atoms with Crippen LogP contribution in [0.2, 0.25) is 0 Å². The molecule has 2 aromatic carbocycles. The Morgan fingerprint density at radius 3 is 2.37 bits per heavy atom. The lowest BCUT2D eigenvalue weighted by atomic mass is 9.98. The lowest BCUT2D eigenvalue weighted by molar-refractivity contribution is 0.248. The predicted molar refractivity (Wildman–Crippen MR) is 136 cm³/mol. The van der Waals surface area contributed by atoms with Gasteiger partial charge in [-0.05, 0) is 50.6 Å². The van der Waals surface area contributed by atoms with Gasteiger partial charge in [-0.2, -0.15) is 0 Å². The number of rotatable bonds is 6. The smallest absolute Gasteiger partial charge is 0.263 e. The molecule has 0 amide bonds. The topological polar surface area (TPSA) is 66.0 Å². The summed E-state index contributed by atoms with van der Waals surface area (Å²) in [5.74, 6) is -0.0879. The summed E-state index contributed by atoms with van der Waals surface area (Å²) in [7, 11) is 5.88. The van der Waals surface area contributed by atoms with Crippen molar-refractivity contribution in [1.29, 1.82) is 0 Å². The van der Waals surface area contributed by atoms with E-state index in [1.807, 2.05) is 24.3 Å². The molecule has 1 saturated heterocycles. The van der Waals surface area contributed by atoms with E-state index in [9.17, 15) is 14.3 Å². The molecule has 1 aliphatic heterocycles. The molecule has 1 fully saturated rings. The number of hydrogen-bond donors (Lipinski definition) is 1. The van der Waals surface area contributed by atoms with Gasteiger partial charge in [-0.15, -0.1) is 0 Å². The maximum absolute atomic E-state index is 14.6. The molecule has 3 aromatic rings. The van der Waals surface area contributed by atoms with E-state index in [-0.39, 0.29) is 17.9 Å². The molecule has 7 nitrogen and oxygen atoms in total. The van der Waals surface area contributed by atoms with E-state index in [4.69, 9.17) is 11.6 Å². The average molecular weight is 476 g/mol. The first-order valence-corrected chi connectivity index (χ1v) is 11.7. The molecule has 35 heavy (non-hydrogen) atoms. The van der Waals surface area contributed by atoms with Crippen LogP contribution in [-0.2, 0) is 13.5 Å². The third-order valence-corrected chi connectivity index (χ3v) is 6.73. The van der Waals surface area contributed by atoms with Gasteiger partial charge in [0.25, 0.3) is 5.56 Å². The van der Waals surface area contributed by atoms with Crippen molar-refractivity contribution in [3.8, 4) is 22.4 Å². The maximum Gasteiger partial charge on any atom is 0.263 e. The minimum atomic E-state index is -0.641. The minimum Gasteiger partial charge on any atom is -0.396 e. The Bertz CT molecular complexity index is 1300. The van der Waals surface area contributed by atoms with Gasteiger partial charge in [-0.1, -0.05) is 36.4 Å². The Hall–Kier alpha value is -3.54. The van der Waals surface area contributed by atoms with E-state index < -0.39 is 5.82 Å². The number of aromatic nitrogens is 2. The van der Waals surface area contributed by atoms with Gasteiger partial charge >= 0.3 is 0 Å². The van der Waals surface area contributed by atoms with E-state index in [1.54, 1.807) is 17.7 Å². The van der Waals surface area contributed by atoms with Crippen LogP contribution in [0.4, 0.5) is 16.0 Å². The van der Waals surface area contributed by atoms with Gasteiger partial charge in [0.15, 0.2) is 0 Å². The van der Waals surface area contributed by atoms with Gasteiger partial charge < -0.3 is 14.9 Å². The number of piperidine rings is 1. The van der Waals surface area contributed by atoms with Crippen LogP contribution < -0.4 is 10.5 Å². The molecule has 8 heteroatoms. The van der Waals surface area contributed by atoms with Crippen LogP contribution in [0.15, 0.2) is 47.3 Å². The standard InChI is InChI=1S/C27H30FN5O2/c1-29-23-10-9-20(17-22(23)28)25-24(19-7-5-18(6-8-19)13-16-34)26(35)32(4)27(30-25)33-14-11-21(12-15-33)31(2)3/h5-10,17,21,34H,11-16H2,2-4H3. The normalized spacial score (nSPS) is 14.4. The second-order valence-electron chi connectivity index (χ2n) is 9.13. The molecule has 0 saturated carbocycles. The molecule has 2 heterocycles. The fourth-order valence-corrected chi connectivity index (χ4v) is 4.64. The van der Waals surface area contributed by atoms with Gasteiger partial charge in [0.05, 0.1) is 17.8 Å². The Labute approximate surface area is 204 Å². The van der Waals surface area contributed by atoms with Crippen LogP contribution in [0.25, 0.3) is 27.2 Å². The second kappa shape index (κ2) is 10.4.